The van der Waals surface area contributed by atoms with Gasteiger partial charge in [-0.25, -0.2) is 4.79 Å². The molecule has 0 saturated carbocycles. The Morgan fingerprint density at radius 2 is 1.90 bits per heavy atom. The molecule has 1 N–H and O–H groups in total. The maximum atomic E-state index is 12.8. The topological polar surface area (TPSA) is 66.8 Å². The van der Waals surface area contributed by atoms with Crippen molar-refractivity contribution in [2.75, 3.05) is 19.6 Å². The largest absolute Gasteiger partial charge is 0.486 e. The van der Waals surface area contributed by atoms with Crippen LogP contribution in [-0.4, -0.2) is 47.0 Å². The molecule has 0 atom stereocenters. The van der Waals surface area contributed by atoms with Gasteiger partial charge in [0.1, 0.15) is 11.4 Å². The van der Waals surface area contributed by atoms with Crippen LogP contribution in [0.2, 0.25) is 0 Å². The van der Waals surface area contributed by atoms with Crippen LogP contribution < -0.4 is 4.74 Å². The summed E-state index contributed by atoms with van der Waals surface area (Å²) >= 11 is 0. The molecule has 2 aliphatic heterocycles. The van der Waals surface area contributed by atoms with E-state index in [9.17, 15) is 9.59 Å². The Labute approximate surface area is 177 Å². The molecule has 0 amide bonds. The molecular formula is C25H27NO4. The number of likely N-dealkylation sites (tertiary alicyclic amines) is 1. The van der Waals surface area contributed by atoms with Gasteiger partial charge in [-0.2, -0.15) is 0 Å². The van der Waals surface area contributed by atoms with E-state index in [0.717, 1.165) is 51.4 Å². The van der Waals surface area contributed by atoms with Gasteiger partial charge < -0.3 is 14.7 Å². The molecule has 156 valence electrons. The summed E-state index contributed by atoms with van der Waals surface area (Å²) in [5, 5.41) is 8.78. The number of ketones is 1. The van der Waals surface area contributed by atoms with Gasteiger partial charge in [-0.05, 0) is 48.7 Å². The van der Waals surface area contributed by atoms with Crippen molar-refractivity contribution in [3.8, 4) is 5.75 Å². The number of benzene rings is 2. The van der Waals surface area contributed by atoms with Crippen molar-refractivity contribution in [1.82, 2.24) is 4.90 Å². The average Bonchev–Trinajstić information content (AvgIpc) is 2.75. The number of carbonyl (C=O) groups is 2. The van der Waals surface area contributed by atoms with Gasteiger partial charge in [0.05, 0.1) is 12.0 Å². The molecule has 30 heavy (non-hydrogen) atoms. The van der Waals surface area contributed by atoms with E-state index in [1.54, 1.807) is 18.2 Å². The molecule has 0 bridgehead atoms. The van der Waals surface area contributed by atoms with Crippen molar-refractivity contribution >= 4 is 17.8 Å². The zero-order valence-corrected chi connectivity index (χ0v) is 17.0. The summed E-state index contributed by atoms with van der Waals surface area (Å²) in [6.07, 6.45) is 6.88. The third kappa shape index (κ3) is 4.79. The Hall–Kier alpha value is -2.92. The van der Waals surface area contributed by atoms with Crippen molar-refractivity contribution in [1.29, 1.82) is 0 Å². The van der Waals surface area contributed by atoms with Gasteiger partial charge in [-0.15, -0.1) is 0 Å². The maximum Gasteiger partial charge on any atom is 0.328 e. The second-order valence-corrected chi connectivity index (χ2v) is 8.24. The molecule has 2 aromatic rings. The number of carbonyl (C=O) groups excluding carboxylic acids is 1. The first-order valence-corrected chi connectivity index (χ1v) is 10.6. The highest BCUT2D eigenvalue weighted by atomic mass is 16.5. The van der Waals surface area contributed by atoms with E-state index in [1.807, 2.05) is 6.07 Å². The molecular weight excluding hydrogens is 378 g/mol. The van der Waals surface area contributed by atoms with Gasteiger partial charge in [0.2, 0.25) is 0 Å². The minimum Gasteiger partial charge on any atom is -0.486 e. The van der Waals surface area contributed by atoms with Crippen molar-refractivity contribution in [3.63, 3.8) is 0 Å². The molecule has 2 aliphatic rings. The van der Waals surface area contributed by atoms with Crippen LogP contribution in [0.3, 0.4) is 0 Å². The highest BCUT2D eigenvalue weighted by molar-refractivity contribution is 6.01. The lowest BCUT2D eigenvalue weighted by atomic mass is 9.82. The van der Waals surface area contributed by atoms with Crippen LogP contribution in [0.25, 0.3) is 6.08 Å². The molecule has 2 aromatic carbocycles. The van der Waals surface area contributed by atoms with E-state index in [2.05, 4.69) is 29.2 Å². The predicted octanol–water partition coefficient (Wildman–Crippen LogP) is 4.22. The zero-order valence-electron chi connectivity index (χ0n) is 17.0. The fourth-order valence-electron chi connectivity index (χ4n) is 4.40. The average molecular weight is 405 g/mol. The fourth-order valence-corrected chi connectivity index (χ4v) is 4.40. The molecule has 5 nitrogen and oxygen atoms in total. The van der Waals surface area contributed by atoms with Gasteiger partial charge in [-0.1, -0.05) is 36.4 Å². The Kier molecular flexibility index (Phi) is 6.00. The number of hydrogen-bond acceptors (Lipinski definition) is 4. The number of aliphatic carboxylic acids is 1. The summed E-state index contributed by atoms with van der Waals surface area (Å²) in [5.74, 6) is -0.305. The Bertz CT molecular complexity index is 943. The smallest absolute Gasteiger partial charge is 0.328 e. The van der Waals surface area contributed by atoms with Crippen LogP contribution in [0.1, 0.15) is 47.2 Å². The van der Waals surface area contributed by atoms with Crippen LogP contribution >= 0.6 is 0 Å². The van der Waals surface area contributed by atoms with Gasteiger partial charge in [0.25, 0.3) is 0 Å². The monoisotopic (exact) mass is 405 g/mol. The summed E-state index contributed by atoms with van der Waals surface area (Å²) in [6, 6.07) is 15.9. The molecule has 0 unspecified atom stereocenters. The molecule has 1 spiro atoms. The lowest BCUT2D eigenvalue weighted by molar-refractivity contribution is -0.131. The summed E-state index contributed by atoms with van der Waals surface area (Å²) in [4.78, 5) is 26.0. The molecule has 1 fully saturated rings. The van der Waals surface area contributed by atoms with E-state index >= 15 is 0 Å². The Morgan fingerprint density at radius 1 is 1.13 bits per heavy atom. The third-order valence-electron chi connectivity index (χ3n) is 6.08. The lowest BCUT2D eigenvalue weighted by Gasteiger charge is -2.44. The van der Waals surface area contributed by atoms with Crippen LogP contribution in [0.5, 0.6) is 5.75 Å². The van der Waals surface area contributed by atoms with Gasteiger partial charge >= 0.3 is 5.97 Å². The summed E-state index contributed by atoms with van der Waals surface area (Å²) < 4.78 is 6.35. The number of ether oxygens (including phenoxy) is 1. The standard InChI is InChI=1S/C25H27NO4/c27-22-18-25(30-23-10-8-20(17-21(22)23)9-11-24(28)29)12-15-26(16-13-25)14-4-7-19-5-2-1-3-6-19/h1-3,5-6,8-11,17H,4,7,12-16,18H2,(H,28,29). The van der Waals surface area contributed by atoms with E-state index in [1.165, 1.54) is 11.6 Å². The van der Waals surface area contributed by atoms with E-state index in [-0.39, 0.29) is 5.78 Å². The zero-order chi connectivity index (χ0) is 21.0. The molecule has 4 rings (SSSR count). The predicted molar refractivity (Wildman–Crippen MR) is 116 cm³/mol. The van der Waals surface area contributed by atoms with Crippen LogP contribution in [0.15, 0.2) is 54.6 Å². The summed E-state index contributed by atoms with van der Waals surface area (Å²) in [5.41, 5.74) is 2.22. The molecule has 0 aliphatic carbocycles. The first-order valence-electron chi connectivity index (χ1n) is 10.6. The number of rotatable bonds is 6. The molecule has 5 heteroatoms. The number of fused-ring (bicyclic) bond motifs is 1. The Morgan fingerprint density at radius 3 is 2.63 bits per heavy atom. The van der Waals surface area contributed by atoms with Crippen molar-refractivity contribution in [3.05, 3.63) is 71.3 Å². The van der Waals surface area contributed by atoms with Crippen LogP contribution in [-0.2, 0) is 11.2 Å². The van der Waals surface area contributed by atoms with E-state index in [4.69, 9.17) is 9.84 Å². The maximum absolute atomic E-state index is 12.8. The van der Waals surface area contributed by atoms with Crippen LogP contribution in [0.4, 0.5) is 0 Å². The number of carboxylic acid groups (broad SMARTS) is 1. The van der Waals surface area contributed by atoms with Crippen molar-refractivity contribution in [2.45, 2.75) is 37.7 Å². The second kappa shape index (κ2) is 8.84. The van der Waals surface area contributed by atoms with Crippen molar-refractivity contribution in [2.24, 2.45) is 0 Å². The quantitative estimate of drug-likeness (QED) is 0.729. The van der Waals surface area contributed by atoms with E-state index < -0.39 is 11.6 Å². The second-order valence-electron chi connectivity index (χ2n) is 8.24. The highest BCUT2D eigenvalue weighted by Gasteiger charge is 2.42. The van der Waals surface area contributed by atoms with E-state index in [0.29, 0.717) is 23.3 Å². The van der Waals surface area contributed by atoms with Gasteiger partial charge in [0, 0.05) is 32.0 Å². The molecule has 0 aromatic heterocycles. The number of Topliss-reactive ketones (excluding diaryl/α,β-unsaturated/α-hetero) is 1. The molecule has 1 saturated heterocycles. The number of aryl methyl sites for hydroxylation is 1. The Balaban J connectivity index is 1.33. The third-order valence-corrected chi connectivity index (χ3v) is 6.08. The van der Waals surface area contributed by atoms with Gasteiger partial charge in [-0.3, -0.25) is 4.79 Å². The SMILES string of the molecule is O=C(O)C=Cc1ccc2c(c1)C(=O)CC1(CCN(CCCc3ccccc3)CC1)O2. The number of nitrogens with zero attached hydrogens (tertiary/aromatic N) is 1. The lowest BCUT2D eigenvalue weighted by Crippen LogP contribution is -2.51. The first-order chi connectivity index (χ1) is 14.5. The number of hydrogen-bond donors (Lipinski definition) is 1. The van der Waals surface area contributed by atoms with Crippen molar-refractivity contribution < 1.29 is 19.4 Å². The minimum atomic E-state index is -1.01. The van der Waals surface area contributed by atoms with Crippen LogP contribution in [0, 0.1) is 0 Å². The first kappa shape index (κ1) is 20.4. The normalized spacial score (nSPS) is 18.3. The number of piperidine rings is 1. The summed E-state index contributed by atoms with van der Waals surface area (Å²) in [6.45, 7) is 2.95. The summed E-state index contributed by atoms with van der Waals surface area (Å²) in [7, 11) is 0. The highest BCUT2D eigenvalue weighted by Crippen LogP contribution is 2.39. The molecule has 2 heterocycles. The number of carboxylic acids is 1. The minimum absolute atomic E-state index is 0.0827. The van der Waals surface area contributed by atoms with Gasteiger partial charge in [0.15, 0.2) is 5.78 Å². The molecule has 0 radical (unpaired) electrons. The fraction of sp³-hybridized carbons (Fsp3) is 0.360.